The lowest BCUT2D eigenvalue weighted by molar-refractivity contribution is 0.169. The Morgan fingerprint density at radius 3 is 2.85 bits per heavy atom. The van der Waals surface area contributed by atoms with E-state index in [0.717, 1.165) is 10.9 Å². The zero-order valence-corrected chi connectivity index (χ0v) is 9.41. The van der Waals surface area contributed by atoms with E-state index < -0.39 is 0 Å². The first-order valence-corrected chi connectivity index (χ1v) is 5.45. The molecular formula is C9H14ClNOS. The summed E-state index contributed by atoms with van der Waals surface area (Å²) in [7, 11) is 1.71. The number of rotatable bonds is 5. The maximum Gasteiger partial charge on any atom is 0.0931 e. The largest absolute Gasteiger partial charge is 0.383 e. The van der Waals surface area contributed by atoms with Gasteiger partial charge >= 0.3 is 0 Å². The van der Waals surface area contributed by atoms with Gasteiger partial charge in [0.1, 0.15) is 0 Å². The minimum absolute atomic E-state index is 0.271. The van der Waals surface area contributed by atoms with Crippen molar-refractivity contribution in [3.05, 3.63) is 21.3 Å². The number of ether oxygens (including phenoxy) is 1. The molecule has 0 aliphatic heterocycles. The second-order valence-electron chi connectivity index (χ2n) is 2.71. The first-order valence-electron chi connectivity index (χ1n) is 4.25. The molecule has 0 amide bonds. The van der Waals surface area contributed by atoms with Gasteiger partial charge < -0.3 is 10.1 Å². The average molecular weight is 220 g/mol. The molecule has 1 N–H and O–H groups in total. The van der Waals surface area contributed by atoms with Crippen LogP contribution < -0.4 is 5.32 Å². The number of halogens is 1. The quantitative estimate of drug-likeness (QED) is 0.822. The molecule has 1 aromatic heterocycles. The van der Waals surface area contributed by atoms with Crippen LogP contribution in [0.3, 0.4) is 0 Å². The summed E-state index contributed by atoms with van der Waals surface area (Å²) < 4.78 is 5.95. The van der Waals surface area contributed by atoms with Gasteiger partial charge in [-0.3, -0.25) is 0 Å². The molecule has 0 aliphatic carbocycles. The van der Waals surface area contributed by atoms with E-state index in [1.54, 1.807) is 18.4 Å². The molecule has 13 heavy (non-hydrogen) atoms. The predicted octanol–water partition coefficient (Wildman–Crippen LogP) is 2.70. The fourth-order valence-corrected chi connectivity index (χ4v) is 2.29. The zero-order chi connectivity index (χ0) is 9.68. The van der Waals surface area contributed by atoms with Gasteiger partial charge in [0, 0.05) is 12.0 Å². The van der Waals surface area contributed by atoms with Gasteiger partial charge in [-0.15, -0.1) is 11.3 Å². The second-order valence-corrected chi connectivity index (χ2v) is 4.45. The van der Waals surface area contributed by atoms with Gasteiger partial charge in [-0.05, 0) is 18.7 Å². The molecular weight excluding hydrogens is 206 g/mol. The van der Waals surface area contributed by atoms with E-state index in [4.69, 9.17) is 16.3 Å². The van der Waals surface area contributed by atoms with Crippen molar-refractivity contribution in [3.63, 3.8) is 0 Å². The van der Waals surface area contributed by atoms with Crippen LogP contribution >= 0.6 is 22.9 Å². The van der Waals surface area contributed by atoms with Crippen LogP contribution in [0.2, 0.25) is 4.34 Å². The third-order valence-electron chi connectivity index (χ3n) is 1.72. The third-order valence-corrected chi connectivity index (χ3v) is 3.07. The molecule has 1 unspecified atom stereocenters. The van der Waals surface area contributed by atoms with Crippen LogP contribution in [0.5, 0.6) is 0 Å². The highest BCUT2D eigenvalue weighted by molar-refractivity contribution is 7.16. The lowest BCUT2D eigenvalue weighted by atomic mass is 10.2. The van der Waals surface area contributed by atoms with E-state index in [1.165, 1.54) is 4.88 Å². The molecule has 74 valence electrons. The summed E-state index contributed by atoms with van der Waals surface area (Å²) in [4.78, 5) is 1.23. The van der Waals surface area contributed by atoms with Gasteiger partial charge in [0.25, 0.3) is 0 Å². The van der Waals surface area contributed by atoms with Crippen molar-refractivity contribution in [3.8, 4) is 0 Å². The molecule has 1 heterocycles. The first kappa shape index (κ1) is 11.0. The van der Waals surface area contributed by atoms with E-state index in [1.807, 2.05) is 12.1 Å². The summed E-state index contributed by atoms with van der Waals surface area (Å²) in [5.41, 5.74) is 0. The van der Waals surface area contributed by atoms with Gasteiger partial charge in [-0.2, -0.15) is 0 Å². The van der Waals surface area contributed by atoms with Crippen LogP contribution in [0.15, 0.2) is 12.1 Å². The van der Waals surface area contributed by atoms with Crippen molar-refractivity contribution in [2.75, 3.05) is 20.3 Å². The van der Waals surface area contributed by atoms with E-state index in [-0.39, 0.29) is 6.04 Å². The second kappa shape index (κ2) is 5.60. The number of hydrogen-bond donors (Lipinski definition) is 1. The Balaban J connectivity index is 2.63. The molecule has 0 saturated heterocycles. The molecule has 4 heteroatoms. The topological polar surface area (TPSA) is 21.3 Å². The number of hydrogen-bond acceptors (Lipinski definition) is 3. The SMILES string of the molecule is CCNC(COC)c1ccc(Cl)s1. The maximum absolute atomic E-state index is 5.85. The molecule has 2 nitrogen and oxygen atoms in total. The summed E-state index contributed by atoms with van der Waals surface area (Å²) in [5, 5.41) is 3.34. The van der Waals surface area contributed by atoms with Gasteiger partial charge in [0.15, 0.2) is 0 Å². The molecule has 0 spiro atoms. The van der Waals surface area contributed by atoms with Crippen molar-refractivity contribution < 1.29 is 4.74 Å². The number of thiophene rings is 1. The fourth-order valence-electron chi connectivity index (χ4n) is 1.17. The van der Waals surface area contributed by atoms with Gasteiger partial charge in [-0.1, -0.05) is 18.5 Å². The summed E-state index contributed by atoms with van der Waals surface area (Å²) in [6, 6.07) is 4.23. The summed E-state index contributed by atoms with van der Waals surface area (Å²) in [6.07, 6.45) is 0. The lowest BCUT2D eigenvalue weighted by Crippen LogP contribution is -2.23. The van der Waals surface area contributed by atoms with E-state index in [2.05, 4.69) is 12.2 Å². The summed E-state index contributed by atoms with van der Waals surface area (Å²) in [6.45, 7) is 3.70. The molecule has 0 bridgehead atoms. The van der Waals surface area contributed by atoms with Crippen molar-refractivity contribution in [2.45, 2.75) is 13.0 Å². The van der Waals surface area contributed by atoms with Crippen LogP contribution in [0, 0.1) is 0 Å². The number of likely N-dealkylation sites (N-methyl/N-ethyl adjacent to an activating group) is 1. The van der Waals surface area contributed by atoms with Crippen LogP contribution in [-0.2, 0) is 4.74 Å². The van der Waals surface area contributed by atoms with E-state index in [0.29, 0.717) is 6.61 Å². The minimum Gasteiger partial charge on any atom is -0.383 e. The van der Waals surface area contributed by atoms with Crippen LogP contribution in [0.1, 0.15) is 17.8 Å². The third kappa shape index (κ3) is 3.27. The van der Waals surface area contributed by atoms with Crippen LogP contribution in [0.4, 0.5) is 0 Å². The Labute approximate surface area is 87.9 Å². The zero-order valence-electron chi connectivity index (χ0n) is 7.84. The van der Waals surface area contributed by atoms with E-state index >= 15 is 0 Å². The molecule has 1 rings (SSSR count). The van der Waals surface area contributed by atoms with E-state index in [9.17, 15) is 0 Å². The molecule has 0 aliphatic rings. The fraction of sp³-hybridized carbons (Fsp3) is 0.556. The van der Waals surface area contributed by atoms with Crippen molar-refractivity contribution in [2.24, 2.45) is 0 Å². The number of methoxy groups -OCH3 is 1. The smallest absolute Gasteiger partial charge is 0.0931 e. The van der Waals surface area contributed by atoms with Crippen molar-refractivity contribution >= 4 is 22.9 Å². The van der Waals surface area contributed by atoms with Crippen molar-refractivity contribution in [1.29, 1.82) is 0 Å². The Morgan fingerprint density at radius 2 is 2.38 bits per heavy atom. The Bertz CT molecular complexity index is 246. The maximum atomic E-state index is 5.85. The molecule has 1 aromatic rings. The molecule has 0 radical (unpaired) electrons. The summed E-state index contributed by atoms with van der Waals surface area (Å²) >= 11 is 7.45. The van der Waals surface area contributed by atoms with Gasteiger partial charge in [0.2, 0.25) is 0 Å². The Hall–Kier alpha value is -0.0900. The lowest BCUT2D eigenvalue weighted by Gasteiger charge is -2.14. The highest BCUT2D eigenvalue weighted by Gasteiger charge is 2.11. The highest BCUT2D eigenvalue weighted by atomic mass is 35.5. The monoisotopic (exact) mass is 219 g/mol. The molecule has 1 atom stereocenters. The molecule has 0 saturated carbocycles. The summed E-state index contributed by atoms with van der Waals surface area (Å²) in [5.74, 6) is 0. The van der Waals surface area contributed by atoms with Crippen LogP contribution in [0.25, 0.3) is 0 Å². The normalized spacial score (nSPS) is 13.2. The van der Waals surface area contributed by atoms with Gasteiger partial charge in [0.05, 0.1) is 17.0 Å². The Morgan fingerprint density at radius 1 is 1.62 bits per heavy atom. The molecule has 0 aromatic carbocycles. The van der Waals surface area contributed by atoms with Gasteiger partial charge in [-0.25, -0.2) is 0 Å². The minimum atomic E-state index is 0.271. The van der Waals surface area contributed by atoms with Crippen molar-refractivity contribution in [1.82, 2.24) is 5.32 Å². The predicted molar refractivity (Wildman–Crippen MR) is 57.6 cm³/mol. The Kier molecular flexibility index (Phi) is 4.73. The standard InChI is InChI=1S/C9H14ClNOS/c1-3-11-7(6-12-2)8-4-5-9(10)13-8/h4-5,7,11H,3,6H2,1-2H3. The number of nitrogens with one attached hydrogen (secondary N) is 1. The molecule has 0 fully saturated rings. The highest BCUT2D eigenvalue weighted by Crippen LogP contribution is 2.26. The average Bonchev–Trinajstić information content (AvgIpc) is 2.51. The first-order chi connectivity index (χ1) is 6.27. The van der Waals surface area contributed by atoms with Crippen LogP contribution in [-0.4, -0.2) is 20.3 Å².